The molecule has 0 unspecified atom stereocenters. The van der Waals surface area contributed by atoms with Crippen LogP contribution in [-0.2, 0) is 6.42 Å². The Morgan fingerprint density at radius 1 is 1.40 bits per heavy atom. The second kappa shape index (κ2) is 6.56. The van der Waals surface area contributed by atoms with Gasteiger partial charge in [-0.3, -0.25) is 9.78 Å². The maximum absolute atomic E-state index is 12.5. The van der Waals surface area contributed by atoms with Crippen molar-refractivity contribution in [2.75, 3.05) is 0 Å². The molecule has 20 heavy (non-hydrogen) atoms. The zero-order valence-electron chi connectivity index (χ0n) is 11.8. The number of ether oxygens (including phenoxy) is 1. The summed E-state index contributed by atoms with van der Waals surface area (Å²) in [6.45, 7) is 5.91. The lowest BCUT2D eigenvalue weighted by molar-refractivity contribution is 0.104. The first-order chi connectivity index (χ1) is 9.61. The smallest absolute Gasteiger partial charge is 0.208 e. The fourth-order valence-electron chi connectivity index (χ4n) is 1.79. The van der Waals surface area contributed by atoms with Gasteiger partial charge in [-0.25, -0.2) is 0 Å². The average Bonchev–Trinajstić information content (AvgIpc) is 2.86. The summed E-state index contributed by atoms with van der Waals surface area (Å²) in [6, 6.07) is 1.71. The van der Waals surface area contributed by atoms with E-state index in [0.29, 0.717) is 16.2 Å². The van der Waals surface area contributed by atoms with Gasteiger partial charge in [-0.05, 0) is 37.9 Å². The van der Waals surface area contributed by atoms with Crippen LogP contribution in [0, 0.1) is 0 Å². The summed E-state index contributed by atoms with van der Waals surface area (Å²) >= 11 is 1.13. The molecule has 2 aromatic heterocycles. The molecule has 0 radical (unpaired) electrons. The molecule has 0 bridgehead atoms. The number of ketones is 1. The highest BCUT2D eigenvalue weighted by Gasteiger charge is 2.18. The van der Waals surface area contributed by atoms with E-state index in [9.17, 15) is 4.79 Å². The third kappa shape index (κ3) is 3.39. The van der Waals surface area contributed by atoms with Gasteiger partial charge in [-0.2, -0.15) is 0 Å². The van der Waals surface area contributed by atoms with Crippen molar-refractivity contribution in [2.45, 2.75) is 39.7 Å². The summed E-state index contributed by atoms with van der Waals surface area (Å²) in [5.74, 6) is 0.505. The van der Waals surface area contributed by atoms with Gasteiger partial charge in [0, 0.05) is 11.8 Å². The number of hydrogen-bond acceptors (Lipinski definition) is 6. The van der Waals surface area contributed by atoms with Crippen molar-refractivity contribution in [3.8, 4) is 5.75 Å². The van der Waals surface area contributed by atoms with Crippen molar-refractivity contribution in [1.29, 1.82) is 0 Å². The van der Waals surface area contributed by atoms with Crippen LogP contribution in [0.25, 0.3) is 0 Å². The summed E-state index contributed by atoms with van der Waals surface area (Å²) in [5, 5.41) is 4.02. The quantitative estimate of drug-likeness (QED) is 0.766. The summed E-state index contributed by atoms with van der Waals surface area (Å²) in [5.41, 5.74) is 1.27. The average molecular weight is 291 g/mol. The van der Waals surface area contributed by atoms with Gasteiger partial charge in [0.2, 0.25) is 5.78 Å². The second-order valence-corrected chi connectivity index (χ2v) is 5.46. The van der Waals surface area contributed by atoms with E-state index in [4.69, 9.17) is 4.74 Å². The third-order valence-corrected chi connectivity index (χ3v) is 3.36. The largest absolute Gasteiger partial charge is 0.489 e. The summed E-state index contributed by atoms with van der Waals surface area (Å²) < 4.78 is 9.43. The molecule has 0 fully saturated rings. The number of carbonyl (C=O) groups is 1. The van der Waals surface area contributed by atoms with Gasteiger partial charge in [-0.1, -0.05) is 17.8 Å². The molecule has 2 aromatic rings. The van der Waals surface area contributed by atoms with Gasteiger partial charge in [0.05, 0.1) is 18.0 Å². The second-order valence-electron chi connectivity index (χ2n) is 4.70. The maximum Gasteiger partial charge on any atom is 0.208 e. The van der Waals surface area contributed by atoms with Crippen LogP contribution < -0.4 is 4.74 Å². The predicted octanol–water partition coefficient (Wildman–Crippen LogP) is 2.90. The van der Waals surface area contributed by atoms with Gasteiger partial charge in [-0.15, -0.1) is 5.10 Å². The number of hydrogen-bond donors (Lipinski definition) is 0. The van der Waals surface area contributed by atoms with Gasteiger partial charge < -0.3 is 4.74 Å². The SMILES string of the molecule is CCCc1nnsc1C(=O)c1cncc(OC(C)C)c1. The Morgan fingerprint density at radius 2 is 2.20 bits per heavy atom. The van der Waals surface area contributed by atoms with E-state index < -0.39 is 0 Å². The molecular weight excluding hydrogens is 274 g/mol. The van der Waals surface area contributed by atoms with E-state index in [-0.39, 0.29) is 11.9 Å². The van der Waals surface area contributed by atoms with Crippen molar-refractivity contribution in [3.05, 3.63) is 34.6 Å². The molecule has 0 spiro atoms. The topological polar surface area (TPSA) is 65.0 Å². The number of nitrogens with zero attached hydrogens (tertiary/aromatic N) is 3. The Labute approximate surface area is 122 Å². The van der Waals surface area contributed by atoms with Crippen LogP contribution in [0.3, 0.4) is 0 Å². The van der Waals surface area contributed by atoms with Crippen molar-refractivity contribution in [1.82, 2.24) is 14.6 Å². The molecular formula is C14H17N3O2S. The van der Waals surface area contributed by atoms with Crippen molar-refractivity contribution in [2.24, 2.45) is 0 Å². The Hall–Kier alpha value is -1.82. The lowest BCUT2D eigenvalue weighted by atomic mass is 10.1. The third-order valence-electron chi connectivity index (χ3n) is 2.60. The van der Waals surface area contributed by atoms with Gasteiger partial charge >= 0.3 is 0 Å². The standard InChI is InChI=1S/C14H17N3O2S/c1-4-5-12-14(20-17-16-12)13(18)10-6-11(8-15-7-10)19-9(2)3/h6-9H,4-5H2,1-3H3. The number of pyridine rings is 1. The molecule has 5 nitrogen and oxygen atoms in total. The minimum absolute atomic E-state index is 0.0443. The fourth-order valence-corrected chi connectivity index (χ4v) is 2.46. The first-order valence-corrected chi connectivity index (χ1v) is 7.36. The molecule has 0 aliphatic carbocycles. The molecule has 106 valence electrons. The highest BCUT2D eigenvalue weighted by Crippen LogP contribution is 2.20. The molecule has 0 aliphatic heterocycles. The van der Waals surface area contributed by atoms with Crippen LogP contribution in [0.2, 0.25) is 0 Å². The summed E-state index contributed by atoms with van der Waals surface area (Å²) in [4.78, 5) is 17.1. The van der Waals surface area contributed by atoms with Gasteiger partial charge in [0.15, 0.2) is 0 Å². The summed E-state index contributed by atoms with van der Waals surface area (Å²) in [7, 11) is 0. The minimum atomic E-state index is -0.0924. The lowest BCUT2D eigenvalue weighted by Crippen LogP contribution is -2.08. The zero-order valence-corrected chi connectivity index (χ0v) is 12.6. The summed E-state index contributed by atoms with van der Waals surface area (Å²) in [6.07, 6.45) is 4.88. The number of rotatable bonds is 6. The molecule has 0 amide bonds. The normalized spacial score (nSPS) is 10.8. The lowest BCUT2D eigenvalue weighted by Gasteiger charge is -2.09. The molecule has 0 aliphatic rings. The fraction of sp³-hybridized carbons (Fsp3) is 0.429. The van der Waals surface area contributed by atoms with E-state index in [1.54, 1.807) is 18.5 Å². The van der Waals surface area contributed by atoms with Crippen LogP contribution in [0.1, 0.15) is 48.1 Å². The highest BCUT2D eigenvalue weighted by molar-refractivity contribution is 7.08. The zero-order chi connectivity index (χ0) is 14.5. The minimum Gasteiger partial charge on any atom is -0.489 e. The van der Waals surface area contributed by atoms with Gasteiger partial charge in [0.25, 0.3) is 0 Å². The Kier molecular flexibility index (Phi) is 4.79. The molecule has 0 saturated carbocycles. The highest BCUT2D eigenvalue weighted by atomic mass is 32.1. The first kappa shape index (κ1) is 14.6. The molecule has 0 atom stereocenters. The van der Waals surface area contributed by atoms with Crippen molar-refractivity contribution < 1.29 is 9.53 Å². The Morgan fingerprint density at radius 3 is 2.90 bits per heavy atom. The van der Waals surface area contributed by atoms with E-state index >= 15 is 0 Å². The molecule has 2 rings (SSSR count). The monoisotopic (exact) mass is 291 g/mol. The van der Waals surface area contributed by atoms with Gasteiger partial charge in [0.1, 0.15) is 10.6 Å². The van der Waals surface area contributed by atoms with Crippen molar-refractivity contribution >= 4 is 17.3 Å². The van der Waals surface area contributed by atoms with Crippen LogP contribution in [-0.4, -0.2) is 26.5 Å². The first-order valence-electron chi connectivity index (χ1n) is 6.59. The van der Waals surface area contributed by atoms with Crippen LogP contribution in [0.4, 0.5) is 0 Å². The number of aryl methyl sites for hydroxylation is 1. The Balaban J connectivity index is 2.26. The van der Waals surface area contributed by atoms with Crippen LogP contribution >= 0.6 is 11.5 Å². The number of carbonyl (C=O) groups excluding carboxylic acids is 1. The predicted molar refractivity (Wildman–Crippen MR) is 77.3 cm³/mol. The van der Waals surface area contributed by atoms with Crippen LogP contribution in [0.15, 0.2) is 18.5 Å². The molecule has 6 heteroatoms. The molecule has 0 aromatic carbocycles. The molecule has 2 heterocycles. The molecule has 0 saturated heterocycles. The van der Waals surface area contributed by atoms with Crippen LogP contribution in [0.5, 0.6) is 5.75 Å². The van der Waals surface area contributed by atoms with E-state index in [2.05, 4.69) is 14.6 Å². The number of aromatic nitrogens is 3. The van der Waals surface area contributed by atoms with E-state index in [1.807, 2.05) is 20.8 Å². The maximum atomic E-state index is 12.5. The molecule has 0 N–H and O–H groups in total. The van der Waals surface area contributed by atoms with Crippen molar-refractivity contribution in [3.63, 3.8) is 0 Å². The van der Waals surface area contributed by atoms with E-state index in [0.717, 1.165) is 30.1 Å². The van der Waals surface area contributed by atoms with E-state index in [1.165, 1.54) is 0 Å². The Bertz CT molecular complexity index is 596.